The average Bonchev–Trinajstić information content (AvgIpc) is 2.88. The van der Waals surface area contributed by atoms with Crippen LogP contribution in [0.25, 0.3) is 0 Å². The van der Waals surface area contributed by atoms with Crippen molar-refractivity contribution in [3.8, 4) is 0 Å². The van der Waals surface area contributed by atoms with Crippen molar-refractivity contribution in [2.45, 2.75) is 37.9 Å². The zero-order chi connectivity index (χ0) is 18.9. The molecule has 0 bridgehead atoms. The number of benzene rings is 1. The van der Waals surface area contributed by atoms with E-state index in [4.69, 9.17) is 0 Å². The van der Waals surface area contributed by atoms with Gasteiger partial charge in [0, 0.05) is 11.6 Å². The number of nitrogens with zero attached hydrogens (tertiary/aromatic N) is 1. The first-order valence-electron chi connectivity index (χ1n) is 8.54. The van der Waals surface area contributed by atoms with E-state index < -0.39 is 17.1 Å². The summed E-state index contributed by atoms with van der Waals surface area (Å²) in [5.74, 6) is -0.932. The summed E-state index contributed by atoms with van der Waals surface area (Å²) in [4.78, 5) is 39.9. The Kier molecular flexibility index (Phi) is 4.40. The maximum atomic E-state index is 13.1. The number of ketones is 1. The normalized spacial score (nSPS) is 23.0. The number of amides is 2. The van der Waals surface area contributed by atoms with E-state index >= 15 is 0 Å². The Morgan fingerprint density at radius 2 is 1.73 bits per heavy atom. The minimum absolute atomic E-state index is 0.244. The van der Waals surface area contributed by atoms with Crippen LogP contribution in [0.5, 0.6) is 0 Å². The number of rotatable bonds is 3. The van der Waals surface area contributed by atoms with Gasteiger partial charge in [-0.05, 0) is 44.6 Å². The van der Waals surface area contributed by atoms with Gasteiger partial charge < -0.3 is 10.2 Å². The van der Waals surface area contributed by atoms with Gasteiger partial charge in [0.2, 0.25) is 11.8 Å². The lowest BCUT2D eigenvalue weighted by molar-refractivity contribution is -0.144. The fourth-order valence-electron chi connectivity index (χ4n) is 3.27. The molecule has 1 aliphatic carbocycles. The molecule has 1 aromatic carbocycles. The molecular formula is C21H22N2O3. The molecule has 1 N–H and O–H groups in total. The van der Waals surface area contributed by atoms with Crippen LogP contribution in [0.1, 0.15) is 32.4 Å². The number of nitrogens with one attached hydrogen (secondary N) is 1. The van der Waals surface area contributed by atoms with Gasteiger partial charge in [-0.3, -0.25) is 14.4 Å². The summed E-state index contributed by atoms with van der Waals surface area (Å²) in [5.41, 5.74) is -1.08. The molecule has 1 heterocycles. The number of allylic oxidation sites excluding steroid dienone is 2. The van der Waals surface area contributed by atoms with Crippen LogP contribution in [-0.4, -0.2) is 33.6 Å². The maximum absolute atomic E-state index is 13.1. The molecule has 0 saturated carbocycles. The molecule has 134 valence electrons. The monoisotopic (exact) mass is 350 g/mol. The van der Waals surface area contributed by atoms with E-state index in [0.717, 1.165) is 0 Å². The molecule has 2 amide bonds. The largest absolute Gasteiger partial charge is 0.349 e. The molecule has 2 atom stereocenters. The molecule has 0 unspecified atom stereocenters. The van der Waals surface area contributed by atoms with Crippen LogP contribution in [0.15, 0.2) is 66.8 Å². The molecule has 1 aromatic rings. The molecule has 1 spiro atoms. The van der Waals surface area contributed by atoms with E-state index in [1.165, 1.54) is 17.1 Å². The van der Waals surface area contributed by atoms with Crippen molar-refractivity contribution >= 4 is 17.6 Å². The first-order chi connectivity index (χ1) is 12.2. The molecule has 0 aromatic heterocycles. The Morgan fingerprint density at radius 1 is 1.04 bits per heavy atom. The Balaban J connectivity index is 2.10. The second-order valence-corrected chi connectivity index (χ2v) is 7.50. The van der Waals surface area contributed by atoms with Crippen LogP contribution in [0.4, 0.5) is 0 Å². The molecule has 1 aliphatic heterocycles. The Labute approximate surface area is 153 Å². The van der Waals surface area contributed by atoms with Crippen molar-refractivity contribution < 1.29 is 14.4 Å². The molecule has 5 heteroatoms. The maximum Gasteiger partial charge on any atom is 0.248 e. The second-order valence-electron chi connectivity index (χ2n) is 7.50. The van der Waals surface area contributed by atoms with Gasteiger partial charge in [-0.1, -0.05) is 42.5 Å². The molecule has 0 radical (unpaired) electrons. The van der Waals surface area contributed by atoms with Gasteiger partial charge >= 0.3 is 0 Å². The highest BCUT2D eigenvalue weighted by molar-refractivity contribution is 6.11. The number of carbonyl (C=O) groups excluding carboxylic acids is 3. The predicted octanol–water partition coefficient (Wildman–Crippen LogP) is 2.47. The van der Waals surface area contributed by atoms with E-state index in [-0.39, 0.29) is 17.6 Å². The van der Waals surface area contributed by atoms with Gasteiger partial charge in [0.25, 0.3) is 0 Å². The number of carbonyl (C=O) groups is 3. The highest BCUT2D eigenvalue weighted by atomic mass is 16.2. The molecule has 2 aliphatic rings. The summed E-state index contributed by atoms with van der Waals surface area (Å²) in [5, 5.41) is 2.94. The van der Waals surface area contributed by atoms with E-state index in [0.29, 0.717) is 5.56 Å². The van der Waals surface area contributed by atoms with E-state index in [1.54, 1.807) is 36.4 Å². The number of hydrogen-bond donors (Lipinski definition) is 1. The molecular weight excluding hydrogens is 328 g/mol. The fraction of sp³-hybridized carbons (Fsp3) is 0.286. The molecule has 26 heavy (non-hydrogen) atoms. The van der Waals surface area contributed by atoms with Gasteiger partial charge in [0.1, 0.15) is 11.6 Å². The lowest BCUT2D eigenvalue weighted by atomic mass is 9.87. The first kappa shape index (κ1) is 17.9. The van der Waals surface area contributed by atoms with Crippen molar-refractivity contribution in [3.63, 3.8) is 0 Å². The summed E-state index contributed by atoms with van der Waals surface area (Å²) in [6.07, 6.45) is 9.38. The zero-order valence-corrected chi connectivity index (χ0v) is 15.1. The van der Waals surface area contributed by atoms with Crippen molar-refractivity contribution in [2.24, 2.45) is 0 Å². The van der Waals surface area contributed by atoms with Gasteiger partial charge in [0.05, 0.1) is 0 Å². The summed E-state index contributed by atoms with van der Waals surface area (Å²) >= 11 is 0. The predicted molar refractivity (Wildman–Crippen MR) is 99.1 cm³/mol. The Hall–Kier alpha value is -2.95. The lowest BCUT2D eigenvalue weighted by Crippen LogP contribution is -2.57. The second kappa shape index (κ2) is 6.41. The zero-order valence-electron chi connectivity index (χ0n) is 15.1. The first-order valence-corrected chi connectivity index (χ1v) is 8.54. The van der Waals surface area contributed by atoms with Crippen LogP contribution in [0, 0.1) is 0 Å². The van der Waals surface area contributed by atoms with Crippen LogP contribution in [0.3, 0.4) is 0 Å². The number of hydrogen-bond acceptors (Lipinski definition) is 3. The Morgan fingerprint density at radius 3 is 2.35 bits per heavy atom. The SMILES string of the molecule is CC(C)(C)NC(=O)[C@H](c1ccccc1)N1C(=O)C=C[C@]12C=CC=CC2=O. The van der Waals surface area contributed by atoms with Crippen LogP contribution < -0.4 is 5.32 Å². The topological polar surface area (TPSA) is 66.5 Å². The van der Waals surface area contributed by atoms with E-state index in [1.807, 2.05) is 39.0 Å². The summed E-state index contributed by atoms with van der Waals surface area (Å²) in [7, 11) is 0. The lowest BCUT2D eigenvalue weighted by Gasteiger charge is -2.40. The third-order valence-electron chi connectivity index (χ3n) is 4.34. The smallest absolute Gasteiger partial charge is 0.248 e. The summed E-state index contributed by atoms with van der Waals surface area (Å²) in [6.45, 7) is 5.63. The van der Waals surface area contributed by atoms with Crippen molar-refractivity contribution in [1.29, 1.82) is 0 Å². The van der Waals surface area contributed by atoms with Crippen LogP contribution in [-0.2, 0) is 14.4 Å². The van der Waals surface area contributed by atoms with Gasteiger partial charge in [-0.15, -0.1) is 0 Å². The average molecular weight is 350 g/mol. The summed E-state index contributed by atoms with van der Waals surface area (Å²) < 4.78 is 0. The van der Waals surface area contributed by atoms with Crippen molar-refractivity contribution in [1.82, 2.24) is 10.2 Å². The van der Waals surface area contributed by atoms with E-state index in [2.05, 4.69) is 5.32 Å². The highest BCUT2D eigenvalue weighted by Crippen LogP contribution is 2.37. The van der Waals surface area contributed by atoms with Crippen molar-refractivity contribution in [3.05, 3.63) is 72.4 Å². The molecule has 0 fully saturated rings. The van der Waals surface area contributed by atoms with Crippen LogP contribution in [0.2, 0.25) is 0 Å². The molecule has 5 nitrogen and oxygen atoms in total. The third-order valence-corrected chi connectivity index (χ3v) is 4.34. The van der Waals surface area contributed by atoms with Crippen molar-refractivity contribution in [2.75, 3.05) is 0 Å². The van der Waals surface area contributed by atoms with Gasteiger partial charge in [-0.25, -0.2) is 0 Å². The van der Waals surface area contributed by atoms with Gasteiger partial charge in [0.15, 0.2) is 5.78 Å². The quantitative estimate of drug-likeness (QED) is 0.911. The molecule has 0 saturated heterocycles. The van der Waals surface area contributed by atoms with Gasteiger partial charge in [-0.2, -0.15) is 0 Å². The minimum Gasteiger partial charge on any atom is -0.349 e. The molecule has 3 rings (SSSR count). The third kappa shape index (κ3) is 3.12. The minimum atomic E-state index is -1.26. The summed E-state index contributed by atoms with van der Waals surface area (Å²) in [6, 6.07) is 8.13. The Bertz CT molecular complexity index is 827. The standard InChI is InChI=1S/C21H22N2O3/c1-20(2,3)22-19(26)18(15-9-5-4-6-10-15)23-17(25)12-14-21(23)13-8-7-11-16(21)24/h4-14,18H,1-3H3,(H,22,26)/t18-,21-/m0/s1. The highest BCUT2D eigenvalue weighted by Gasteiger charge is 2.50. The van der Waals surface area contributed by atoms with E-state index in [9.17, 15) is 14.4 Å². The fourth-order valence-corrected chi connectivity index (χ4v) is 3.27. The van der Waals surface area contributed by atoms with Crippen LogP contribution >= 0.6 is 0 Å².